The van der Waals surface area contributed by atoms with Crippen molar-refractivity contribution in [3.63, 3.8) is 0 Å². The van der Waals surface area contributed by atoms with Crippen LogP contribution in [0.3, 0.4) is 0 Å². The second-order valence-corrected chi connectivity index (χ2v) is 1.000. The predicted octanol–water partition coefficient (Wildman–Crippen LogP) is 1.16. The molecule has 0 aliphatic carbocycles. The van der Waals surface area contributed by atoms with E-state index in [2.05, 4.69) is 13.8 Å². The fourth-order valence-corrected chi connectivity index (χ4v) is 0. The second-order valence-electron chi connectivity index (χ2n) is 1.000. The van der Waals surface area contributed by atoms with Gasteiger partial charge in [0.1, 0.15) is 0 Å². The molecule has 2 heteroatoms. The normalized spacial score (nSPS) is 5.00. The molecule has 0 aromatic rings. The Morgan fingerprint density at radius 2 is 1.17 bits per heavy atom. The van der Waals surface area contributed by atoms with E-state index >= 15 is 0 Å². The molecule has 6 heavy (non-hydrogen) atoms. The Morgan fingerprint density at radius 1 is 1.00 bits per heavy atom. The van der Waals surface area contributed by atoms with Crippen LogP contribution >= 0.6 is 0 Å². The maximum atomic E-state index is 2.18. The van der Waals surface area contributed by atoms with E-state index in [-0.39, 0.29) is 72.4 Å². The first-order chi connectivity index (χ1) is 1.91. The summed E-state index contributed by atoms with van der Waals surface area (Å²) in [4.78, 5) is 0. The summed E-state index contributed by atoms with van der Waals surface area (Å²) >= 11 is 0. The van der Waals surface area contributed by atoms with Gasteiger partial charge in [-0.1, -0.05) is 26.7 Å². The summed E-state index contributed by atoms with van der Waals surface area (Å²) in [7, 11) is 0. The summed E-state index contributed by atoms with van der Waals surface area (Å²) in [6.07, 6.45) is 2.64. The molecule has 0 spiro atoms. The van der Waals surface area contributed by atoms with Gasteiger partial charge in [0.05, 0.1) is 0 Å². The molecule has 0 aliphatic heterocycles. The minimum atomic E-state index is 0. The Morgan fingerprint density at radius 3 is 1.17 bits per heavy atom. The van der Waals surface area contributed by atoms with Crippen molar-refractivity contribution in [3.8, 4) is 0 Å². The quantitative estimate of drug-likeness (QED) is 0.636. The van der Waals surface area contributed by atoms with Crippen molar-refractivity contribution in [2.75, 3.05) is 0 Å². The monoisotopic (exact) mass is 293 g/mol. The van der Waals surface area contributed by atoms with E-state index in [0.29, 0.717) is 0 Å². The molecule has 0 N–H and O–H groups in total. The molecular weight excluding hydrogens is 282 g/mol. The molecule has 0 fully saturated rings. The SMILES string of the molecule is CCCC.[KH].[Pt]. The van der Waals surface area contributed by atoms with E-state index in [0.717, 1.165) is 0 Å². The van der Waals surface area contributed by atoms with Crippen molar-refractivity contribution in [1.82, 2.24) is 0 Å². The largest absolute Gasteiger partial charge is 0 e. The molecule has 0 saturated heterocycles. The summed E-state index contributed by atoms with van der Waals surface area (Å²) < 4.78 is 0. The molecule has 0 amide bonds. The van der Waals surface area contributed by atoms with E-state index in [4.69, 9.17) is 0 Å². The van der Waals surface area contributed by atoms with Crippen LogP contribution in [-0.4, -0.2) is 51.4 Å². The van der Waals surface area contributed by atoms with Gasteiger partial charge in [0.2, 0.25) is 0 Å². The number of unbranched alkanes of at least 4 members (excludes halogenated alkanes) is 1. The molecule has 0 nitrogen and oxygen atoms in total. The van der Waals surface area contributed by atoms with Crippen LogP contribution in [0.5, 0.6) is 0 Å². The van der Waals surface area contributed by atoms with Crippen molar-refractivity contribution in [2.24, 2.45) is 0 Å². The summed E-state index contributed by atoms with van der Waals surface area (Å²) in [5.41, 5.74) is 0. The first kappa shape index (κ1) is 15.8. The van der Waals surface area contributed by atoms with Crippen LogP contribution in [0.2, 0.25) is 0 Å². The number of hydrogen-bond donors (Lipinski definition) is 0. The molecule has 0 aromatic heterocycles. The van der Waals surface area contributed by atoms with Crippen molar-refractivity contribution in [2.45, 2.75) is 26.7 Å². The van der Waals surface area contributed by atoms with E-state index in [9.17, 15) is 0 Å². The fraction of sp³-hybridized carbons (Fsp3) is 1.00. The first-order valence-electron chi connectivity index (χ1n) is 1.91. The average molecular weight is 293 g/mol. The van der Waals surface area contributed by atoms with Gasteiger partial charge >= 0.3 is 51.4 Å². The van der Waals surface area contributed by atoms with Crippen molar-refractivity contribution < 1.29 is 21.1 Å². The number of rotatable bonds is 1. The van der Waals surface area contributed by atoms with E-state index in [1.165, 1.54) is 12.8 Å². The minimum Gasteiger partial charge on any atom is 0 e. The molecule has 38 valence electrons. The average Bonchev–Trinajstić information content (AvgIpc) is 1.37. The van der Waals surface area contributed by atoms with Gasteiger partial charge in [-0.05, 0) is 0 Å². The van der Waals surface area contributed by atoms with Crippen LogP contribution in [0.25, 0.3) is 0 Å². The Labute approximate surface area is 97.1 Å². The van der Waals surface area contributed by atoms with Crippen LogP contribution in [0.15, 0.2) is 0 Å². The van der Waals surface area contributed by atoms with Crippen molar-refractivity contribution in [3.05, 3.63) is 0 Å². The van der Waals surface area contributed by atoms with Crippen LogP contribution < -0.4 is 0 Å². The van der Waals surface area contributed by atoms with E-state index in [1.807, 2.05) is 0 Å². The molecule has 0 heterocycles. The minimum absolute atomic E-state index is 0. The standard InChI is InChI=1S/C4H10.K.Pt.H/c1-3-4-2;;;/h3-4H2,1-2H3;;;. The maximum Gasteiger partial charge on any atom is 0 e. The van der Waals surface area contributed by atoms with E-state index in [1.54, 1.807) is 0 Å². The van der Waals surface area contributed by atoms with Gasteiger partial charge in [0, 0.05) is 21.1 Å². The Balaban J connectivity index is -0.0000000450. The molecule has 0 atom stereocenters. The predicted molar refractivity (Wildman–Crippen MR) is 27.7 cm³/mol. The Bertz CT molecular complexity index is 9.51. The Kier molecular flexibility index (Phi) is 41.1. The van der Waals surface area contributed by atoms with Gasteiger partial charge in [-0.2, -0.15) is 0 Å². The molecular formula is C4H11KPt. The third-order valence-corrected chi connectivity index (χ3v) is 0.500. The zero-order chi connectivity index (χ0) is 3.41. The van der Waals surface area contributed by atoms with Gasteiger partial charge in [-0.25, -0.2) is 0 Å². The molecule has 0 rings (SSSR count). The summed E-state index contributed by atoms with van der Waals surface area (Å²) in [6, 6.07) is 0. The van der Waals surface area contributed by atoms with Gasteiger partial charge in [-0.3, -0.25) is 0 Å². The number of hydrogen-bond acceptors (Lipinski definition) is 0. The molecule has 0 radical (unpaired) electrons. The molecule has 0 saturated carbocycles. The molecule has 0 unspecified atom stereocenters. The summed E-state index contributed by atoms with van der Waals surface area (Å²) in [5, 5.41) is 0. The molecule has 0 bridgehead atoms. The molecule has 0 aromatic carbocycles. The topological polar surface area (TPSA) is 0 Å². The zero-order valence-corrected chi connectivity index (χ0v) is 6.00. The Hall–Kier alpha value is 2.32. The fourth-order valence-electron chi connectivity index (χ4n) is 0. The van der Waals surface area contributed by atoms with E-state index < -0.39 is 0 Å². The summed E-state index contributed by atoms with van der Waals surface area (Å²) in [6.45, 7) is 4.36. The van der Waals surface area contributed by atoms with Crippen molar-refractivity contribution >= 4 is 51.4 Å². The van der Waals surface area contributed by atoms with Crippen molar-refractivity contribution in [1.29, 1.82) is 0 Å². The van der Waals surface area contributed by atoms with Crippen LogP contribution in [0.4, 0.5) is 0 Å². The molecule has 0 aliphatic rings. The van der Waals surface area contributed by atoms with Crippen LogP contribution in [-0.2, 0) is 21.1 Å². The zero-order valence-electron chi connectivity index (χ0n) is 3.73. The first-order valence-corrected chi connectivity index (χ1v) is 1.91. The van der Waals surface area contributed by atoms with Gasteiger partial charge in [-0.15, -0.1) is 0 Å². The third-order valence-electron chi connectivity index (χ3n) is 0.500. The second kappa shape index (κ2) is 15.7. The smallest absolute Gasteiger partial charge is 0 e. The van der Waals surface area contributed by atoms with Gasteiger partial charge in [0.25, 0.3) is 0 Å². The summed E-state index contributed by atoms with van der Waals surface area (Å²) in [5.74, 6) is 0. The maximum absolute atomic E-state index is 2.18. The van der Waals surface area contributed by atoms with Crippen LogP contribution in [0, 0.1) is 0 Å². The van der Waals surface area contributed by atoms with Gasteiger partial charge < -0.3 is 0 Å². The van der Waals surface area contributed by atoms with Gasteiger partial charge in [0.15, 0.2) is 0 Å². The third kappa shape index (κ3) is 16.2. The van der Waals surface area contributed by atoms with Crippen LogP contribution in [0.1, 0.15) is 26.7 Å².